The summed E-state index contributed by atoms with van der Waals surface area (Å²) in [5.74, 6) is 0.737. The van der Waals surface area contributed by atoms with Gasteiger partial charge >= 0.3 is 0 Å². The number of ether oxygens (including phenoxy) is 1. The third kappa shape index (κ3) is 2.18. The second-order valence-electron chi connectivity index (χ2n) is 4.37. The Morgan fingerprint density at radius 2 is 2.33 bits per heavy atom. The molecule has 2 heterocycles. The van der Waals surface area contributed by atoms with Gasteiger partial charge in [-0.05, 0) is 19.1 Å². The summed E-state index contributed by atoms with van der Waals surface area (Å²) in [7, 11) is 0. The zero-order valence-electron chi connectivity index (χ0n) is 9.76. The molecule has 0 aliphatic carbocycles. The number of thiazole rings is 1. The van der Waals surface area contributed by atoms with Crippen molar-refractivity contribution in [2.75, 3.05) is 0 Å². The van der Waals surface area contributed by atoms with Gasteiger partial charge in [0.05, 0.1) is 6.10 Å². The van der Waals surface area contributed by atoms with Crippen molar-refractivity contribution in [3.63, 3.8) is 0 Å². The summed E-state index contributed by atoms with van der Waals surface area (Å²) in [5.41, 5.74) is 1.84. The van der Waals surface area contributed by atoms with Gasteiger partial charge in [-0.15, -0.1) is 11.3 Å². The summed E-state index contributed by atoms with van der Waals surface area (Å²) < 4.78 is 6.89. The largest absolute Gasteiger partial charge is 0.483 e. The van der Waals surface area contributed by atoms with Crippen LogP contribution in [-0.4, -0.2) is 10.1 Å². The molecule has 1 aromatic carbocycles. The van der Waals surface area contributed by atoms with Crippen molar-refractivity contribution in [1.29, 1.82) is 0 Å². The highest BCUT2D eigenvalue weighted by molar-refractivity contribution is 9.10. The van der Waals surface area contributed by atoms with Gasteiger partial charge in [-0.25, -0.2) is 4.98 Å². The van der Waals surface area contributed by atoms with E-state index in [1.165, 1.54) is 0 Å². The molecule has 1 N–H and O–H groups in total. The molecule has 1 aliphatic heterocycles. The lowest BCUT2D eigenvalue weighted by molar-refractivity contribution is 0.0655. The zero-order valence-corrected chi connectivity index (χ0v) is 12.2. The summed E-state index contributed by atoms with van der Waals surface area (Å²) in [4.78, 5) is 4.43. The van der Waals surface area contributed by atoms with E-state index in [0.717, 1.165) is 26.5 Å². The molecule has 0 amide bonds. The number of aliphatic hydroxyl groups is 1. The van der Waals surface area contributed by atoms with Crippen LogP contribution in [0.5, 0.6) is 5.75 Å². The molecule has 5 heteroatoms. The topological polar surface area (TPSA) is 42.4 Å². The van der Waals surface area contributed by atoms with Crippen LogP contribution in [0, 0.1) is 6.92 Å². The Kier molecular flexibility index (Phi) is 3.13. The van der Waals surface area contributed by atoms with Crippen LogP contribution in [0.3, 0.4) is 0 Å². The molecule has 18 heavy (non-hydrogen) atoms. The molecule has 2 aromatic rings. The van der Waals surface area contributed by atoms with Crippen molar-refractivity contribution < 1.29 is 9.84 Å². The monoisotopic (exact) mass is 325 g/mol. The molecule has 0 saturated heterocycles. The molecule has 1 aromatic heterocycles. The number of nitrogens with zero attached hydrogens (tertiary/aromatic N) is 1. The number of aliphatic hydroxyl groups excluding tert-OH is 1. The maximum absolute atomic E-state index is 10.2. The average molecular weight is 326 g/mol. The van der Waals surface area contributed by atoms with Crippen LogP contribution >= 0.6 is 27.3 Å². The third-order valence-corrected chi connectivity index (χ3v) is 4.50. The second kappa shape index (κ2) is 4.64. The van der Waals surface area contributed by atoms with Gasteiger partial charge in [0.1, 0.15) is 10.8 Å². The Balaban J connectivity index is 1.95. The minimum Gasteiger partial charge on any atom is -0.483 e. The van der Waals surface area contributed by atoms with E-state index in [9.17, 15) is 5.11 Å². The first-order chi connectivity index (χ1) is 8.63. The van der Waals surface area contributed by atoms with Crippen molar-refractivity contribution in [2.45, 2.75) is 25.6 Å². The molecule has 2 atom stereocenters. The van der Waals surface area contributed by atoms with Gasteiger partial charge in [0, 0.05) is 27.5 Å². The molecule has 0 saturated carbocycles. The van der Waals surface area contributed by atoms with Gasteiger partial charge in [0.2, 0.25) is 0 Å². The predicted molar refractivity (Wildman–Crippen MR) is 73.9 cm³/mol. The summed E-state index contributed by atoms with van der Waals surface area (Å²) >= 11 is 4.99. The molecule has 1 aliphatic rings. The van der Waals surface area contributed by atoms with E-state index in [0.29, 0.717) is 6.42 Å². The Morgan fingerprint density at radius 3 is 3.06 bits per heavy atom. The zero-order chi connectivity index (χ0) is 12.7. The van der Waals surface area contributed by atoms with E-state index in [-0.39, 0.29) is 6.10 Å². The predicted octanol–water partition coefficient (Wildman–Crippen LogP) is 3.77. The highest BCUT2D eigenvalue weighted by Crippen LogP contribution is 2.42. The maximum atomic E-state index is 10.2. The van der Waals surface area contributed by atoms with E-state index >= 15 is 0 Å². The number of halogens is 1. The van der Waals surface area contributed by atoms with Crippen molar-refractivity contribution in [2.24, 2.45) is 0 Å². The summed E-state index contributed by atoms with van der Waals surface area (Å²) in [6.45, 7) is 1.96. The van der Waals surface area contributed by atoms with E-state index in [1.807, 2.05) is 30.5 Å². The van der Waals surface area contributed by atoms with Crippen LogP contribution in [0.2, 0.25) is 0 Å². The SMILES string of the molecule is Cc1csc(C2CC(O)c3ccc(Br)cc3O2)n1. The maximum Gasteiger partial charge on any atom is 0.153 e. The third-order valence-electron chi connectivity index (χ3n) is 2.95. The molecular formula is C13H12BrNO2S. The highest BCUT2D eigenvalue weighted by atomic mass is 79.9. The molecule has 0 bridgehead atoms. The van der Waals surface area contributed by atoms with E-state index in [2.05, 4.69) is 20.9 Å². The summed E-state index contributed by atoms with van der Waals surface area (Å²) in [5, 5.41) is 13.1. The summed E-state index contributed by atoms with van der Waals surface area (Å²) in [6.07, 6.45) is -0.0849. The molecule has 3 rings (SSSR count). The quantitative estimate of drug-likeness (QED) is 0.867. The van der Waals surface area contributed by atoms with Gasteiger partial charge in [-0.2, -0.15) is 0 Å². The number of aryl methyl sites for hydroxylation is 1. The van der Waals surface area contributed by atoms with Crippen LogP contribution in [-0.2, 0) is 0 Å². The highest BCUT2D eigenvalue weighted by Gasteiger charge is 2.29. The first kappa shape index (κ1) is 12.1. The Hall–Kier alpha value is -0.910. The Labute approximate surface area is 118 Å². The van der Waals surface area contributed by atoms with Gasteiger partial charge in [0.15, 0.2) is 6.10 Å². The van der Waals surface area contributed by atoms with Crippen molar-refractivity contribution in [1.82, 2.24) is 4.98 Å². The average Bonchev–Trinajstić information content (AvgIpc) is 2.75. The van der Waals surface area contributed by atoms with Gasteiger partial charge in [-0.3, -0.25) is 0 Å². The smallest absolute Gasteiger partial charge is 0.153 e. The Morgan fingerprint density at radius 1 is 1.50 bits per heavy atom. The molecule has 0 spiro atoms. The second-order valence-corrected chi connectivity index (χ2v) is 6.17. The van der Waals surface area contributed by atoms with Gasteiger partial charge in [0.25, 0.3) is 0 Å². The molecule has 94 valence electrons. The number of hydrogen-bond donors (Lipinski definition) is 1. The first-order valence-corrected chi connectivity index (χ1v) is 7.37. The number of benzene rings is 1. The van der Waals surface area contributed by atoms with Crippen LogP contribution in [0.15, 0.2) is 28.1 Å². The molecular weight excluding hydrogens is 314 g/mol. The van der Waals surface area contributed by atoms with E-state index < -0.39 is 6.10 Å². The Bertz CT molecular complexity index is 584. The minimum atomic E-state index is -0.490. The lowest BCUT2D eigenvalue weighted by Crippen LogP contribution is -2.18. The van der Waals surface area contributed by atoms with Crippen LogP contribution in [0.4, 0.5) is 0 Å². The van der Waals surface area contributed by atoms with Crippen molar-refractivity contribution >= 4 is 27.3 Å². The number of hydrogen-bond acceptors (Lipinski definition) is 4. The minimum absolute atomic E-state index is 0.152. The fourth-order valence-corrected chi connectivity index (χ4v) is 3.26. The fraction of sp³-hybridized carbons (Fsp3) is 0.308. The van der Waals surface area contributed by atoms with Crippen molar-refractivity contribution in [3.05, 3.63) is 44.3 Å². The molecule has 3 nitrogen and oxygen atoms in total. The normalized spacial score (nSPS) is 22.4. The number of aromatic nitrogens is 1. The van der Waals surface area contributed by atoms with E-state index in [4.69, 9.17) is 4.74 Å². The van der Waals surface area contributed by atoms with Gasteiger partial charge < -0.3 is 9.84 Å². The number of rotatable bonds is 1. The van der Waals surface area contributed by atoms with Gasteiger partial charge in [-0.1, -0.05) is 22.0 Å². The lowest BCUT2D eigenvalue weighted by atomic mass is 9.99. The number of fused-ring (bicyclic) bond motifs is 1. The van der Waals surface area contributed by atoms with Crippen molar-refractivity contribution in [3.8, 4) is 5.75 Å². The van der Waals surface area contributed by atoms with Crippen LogP contribution < -0.4 is 4.74 Å². The molecule has 2 unspecified atom stereocenters. The van der Waals surface area contributed by atoms with Crippen LogP contribution in [0.25, 0.3) is 0 Å². The molecule has 0 fully saturated rings. The van der Waals surface area contributed by atoms with E-state index in [1.54, 1.807) is 11.3 Å². The standard InChI is InChI=1S/C13H12BrNO2S/c1-7-6-18-13(15-7)12-5-10(16)9-3-2-8(14)4-11(9)17-12/h2-4,6,10,12,16H,5H2,1H3. The summed E-state index contributed by atoms with van der Waals surface area (Å²) in [6, 6.07) is 5.71. The lowest BCUT2D eigenvalue weighted by Gasteiger charge is -2.28. The van der Waals surface area contributed by atoms with Crippen LogP contribution in [0.1, 0.15) is 34.9 Å². The first-order valence-electron chi connectivity index (χ1n) is 5.69. The fourth-order valence-electron chi connectivity index (χ4n) is 2.09. The molecule has 0 radical (unpaired) electrons.